The molecular weight excluding hydrogens is 334 g/mol. The summed E-state index contributed by atoms with van der Waals surface area (Å²) < 4.78 is 31.4. The number of ketones is 1. The van der Waals surface area contributed by atoms with Gasteiger partial charge in [-0.25, -0.2) is 8.78 Å². The first-order valence-corrected chi connectivity index (χ1v) is 6.75. The van der Waals surface area contributed by atoms with Crippen molar-refractivity contribution in [1.29, 1.82) is 0 Å². The molecule has 1 unspecified atom stereocenters. The van der Waals surface area contributed by atoms with E-state index in [4.69, 9.17) is 4.52 Å². The third-order valence-electron chi connectivity index (χ3n) is 2.92. The van der Waals surface area contributed by atoms with Gasteiger partial charge in [-0.3, -0.25) is 4.79 Å². The maximum Gasteiger partial charge on any atom is 0.237 e. The van der Waals surface area contributed by atoms with Crippen LogP contribution in [0, 0.1) is 11.6 Å². The van der Waals surface area contributed by atoms with Crippen LogP contribution in [0.15, 0.2) is 21.1 Å². The standard InChI is InChI=1S/C13H11BrF2N2O2/c1-3-9(19)6(2)13-17-12(18-20-13)7-4-5-8(15)11(16)10(7)14/h4-6H,3H2,1-2H3. The Labute approximate surface area is 122 Å². The van der Waals surface area contributed by atoms with Crippen molar-refractivity contribution in [2.45, 2.75) is 26.2 Å². The predicted octanol–water partition coefficient (Wildman–Crippen LogP) is 3.86. The monoisotopic (exact) mass is 344 g/mol. The normalized spacial score (nSPS) is 12.4. The summed E-state index contributed by atoms with van der Waals surface area (Å²) >= 11 is 2.95. The number of Topliss-reactive ketones (excluding diaryl/α,β-unsaturated/α-hetero) is 1. The molecule has 0 fully saturated rings. The van der Waals surface area contributed by atoms with Gasteiger partial charge in [-0.15, -0.1) is 0 Å². The van der Waals surface area contributed by atoms with Crippen LogP contribution in [0.3, 0.4) is 0 Å². The van der Waals surface area contributed by atoms with E-state index in [2.05, 4.69) is 26.1 Å². The lowest BCUT2D eigenvalue weighted by Gasteiger charge is -2.02. The Kier molecular flexibility index (Phi) is 4.27. The van der Waals surface area contributed by atoms with Gasteiger partial charge in [0.05, 0.1) is 10.4 Å². The first-order valence-electron chi connectivity index (χ1n) is 5.95. The molecule has 0 aliphatic carbocycles. The van der Waals surface area contributed by atoms with Crippen LogP contribution < -0.4 is 0 Å². The van der Waals surface area contributed by atoms with E-state index in [1.165, 1.54) is 6.07 Å². The number of aromatic nitrogens is 2. The van der Waals surface area contributed by atoms with Gasteiger partial charge in [0.2, 0.25) is 11.7 Å². The number of nitrogens with zero attached hydrogens (tertiary/aromatic N) is 2. The fraction of sp³-hybridized carbons (Fsp3) is 0.308. The Morgan fingerprint density at radius 1 is 1.45 bits per heavy atom. The van der Waals surface area contributed by atoms with Gasteiger partial charge in [-0.2, -0.15) is 4.98 Å². The van der Waals surface area contributed by atoms with Gasteiger partial charge in [0.25, 0.3) is 0 Å². The lowest BCUT2D eigenvalue weighted by Crippen LogP contribution is -2.07. The molecule has 20 heavy (non-hydrogen) atoms. The average molecular weight is 345 g/mol. The quantitative estimate of drug-likeness (QED) is 0.790. The van der Waals surface area contributed by atoms with Gasteiger partial charge in [0.15, 0.2) is 11.6 Å². The van der Waals surface area contributed by atoms with Gasteiger partial charge < -0.3 is 4.52 Å². The molecule has 1 aromatic carbocycles. The van der Waals surface area contributed by atoms with E-state index in [0.717, 1.165) is 6.07 Å². The summed E-state index contributed by atoms with van der Waals surface area (Å²) in [5, 5.41) is 3.70. The molecule has 0 saturated heterocycles. The van der Waals surface area contributed by atoms with E-state index in [1.54, 1.807) is 13.8 Å². The molecule has 4 nitrogen and oxygen atoms in total. The molecule has 106 valence electrons. The van der Waals surface area contributed by atoms with Crippen LogP contribution in [-0.2, 0) is 4.79 Å². The van der Waals surface area contributed by atoms with Crippen molar-refractivity contribution in [2.24, 2.45) is 0 Å². The number of halogens is 3. The Balaban J connectivity index is 2.39. The molecule has 0 bridgehead atoms. The molecule has 2 aromatic rings. The van der Waals surface area contributed by atoms with Gasteiger partial charge in [0.1, 0.15) is 5.78 Å². The minimum atomic E-state index is -1.02. The summed E-state index contributed by atoms with van der Waals surface area (Å²) in [4.78, 5) is 15.6. The first-order chi connectivity index (χ1) is 9.45. The fourth-order valence-corrected chi connectivity index (χ4v) is 2.16. The van der Waals surface area contributed by atoms with Crippen LogP contribution in [0.4, 0.5) is 8.78 Å². The van der Waals surface area contributed by atoms with Crippen molar-refractivity contribution in [2.75, 3.05) is 0 Å². The smallest absolute Gasteiger partial charge is 0.237 e. The lowest BCUT2D eigenvalue weighted by atomic mass is 10.1. The maximum atomic E-state index is 13.5. The summed E-state index contributed by atoms with van der Waals surface area (Å²) in [5.41, 5.74) is 0.259. The zero-order valence-electron chi connectivity index (χ0n) is 10.8. The fourth-order valence-electron chi connectivity index (χ4n) is 1.66. The van der Waals surface area contributed by atoms with E-state index in [1.807, 2.05) is 0 Å². The highest BCUT2D eigenvalue weighted by Crippen LogP contribution is 2.30. The molecule has 0 saturated carbocycles. The average Bonchev–Trinajstić information content (AvgIpc) is 2.92. The molecule has 0 amide bonds. The molecule has 1 aromatic heterocycles. The maximum absolute atomic E-state index is 13.5. The lowest BCUT2D eigenvalue weighted by molar-refractivity contribution is -0.120. The second-order valence-corrected chi connectivity index (χ2v) is 5.01. The van der Waals surface area contributed by atoms with Crippen LogP contribution in [0.25, 0.3) is 11.4 Å². The highest BCUT2D eigenvalue weighted by atomic mass is 79.9. The topological polar surface area (TPSA) is 56.0 Å². The van der Waals surface area contributed by atoms with Crippen molar-refractivity contribution < 1.29 is 18.1 Å². The van der Waals surface area contributed by atoms with Gasteiger partial charge in [0, 0.05) is 12.0 Å². The third-order valence-corrected chi connectivity index (χ3v) is 3.69. The van der Waals surface area contributed by atoms with E-state index < -0.39 is 17.6 Å². The van der Waals surface area contributed by atoms with Crippen LogP contribution in [0.1, 0.15) is 32.1 Å². The molecule has 0 N–H and O–H groups in total. The molecule has 0 aliphatic heterocycles. The van der Waals surface area contributed by atoms with Gasteiger partial charge in [-0.05, 0) is 35.0 Å². The highest BCUT2D eigenvalue weighted by Gasteiger charge is 2.22. The second kappa shape index (κ2) is 5.78. The van der Waals surface area contributed by atoms with Crippen molar-refractivity contribution in [3.8, 4) is 11.4 Å². The molecule has 2 rings (SSSR count). The summed E-state index contributed by atoms with van der Waals surface area (Å²) in [7, 11) is 0. The van der Waals surface area contributed by atoms with Crippen LogP contribution in [0.5, 0.6) is 0 Å². The number of rotatable bonds is 4. The van der Waals surface area contributed by atoms with Crippen molar-refractivity contribution in [3.63, 3.8) is 0 Å². The highest BCUT2D eigenvalue weighted by molar-refractivity contribution is 9.10. The number of benzene rings is 1. The van der Waals surface area contributed by atoms with Gasteiger partial charge >= 0.3 is 0 Å². The Bertz CT molecular complexity index is 658. The zero-order chi connectivity index (χ0) is 14.9. The molecule has 1 atom stereocenters. The van der Waals surface area contributed by atoms with Crippen molar-refractivity contribution in [1.82, 2.24) is 10.1 Å². The van der Waals surface area contributed by atoms with Crippen molar-refractivity contribution in [3.05, 3.63) is 34.1 Å². The largest absolute Gasteiger partial charge is 0.338 e. The summed E-state index contributed by atoms with van der Waals surface area (Å²) in [6.07, 6.45) is 0.355. The SMILES string of the molecule is CCC(=O)C(C)c1nc(-c2ccc(F)c(F)c2Br)no1. The first kappa shape index (κ1) is 14.8. The minimum absolute atomic E-state index is 0.0375. The number of hydrogen-bond donors (Lipinski definition) is 0. The summed E-state index contributed by atoms with van der Waals surface area (Å²) in [5.74, 6) is -2.30. The van der Waals surface area contributed by atoms with Crippen LogP contribution >= 0.6 is 15.9 Å². The van der Waals surface area contributed by atoms with E-state index in [0.29, 0.717) is 6.42 Å². The summed E-state index contributed by atoms with van der Waals surface area (Å²) in [6.45, 7) is 3.39. The summed E-state index contributed by atoms with van der Waals surface area (Å²) in [6, 6.07) is 2.32. The third kappa shape index (κ3) is 2.63. The van der Waals surface area contributed by atoms with Gasteiger partial charge in [-0.1, -0.05) is 12.1 Å². The Morgan fingerprint density at radius 3 is 2.80 bits per heavy atom. The minimum Gasteiger partial charge on any atom is -0.338 e. The second-order valence-electron chi connectivity index (χ2n) is 4.22. The molecule has 7 heteroatoms. The van der Waals surface area contributed by atoms with Crippen molar-refractivity contribution >= 4 is 21.7 Å². The predicted molar refractivity (Wildman–Crippen MR) is 71.1 cm³/mol. The number of hydrogen-bond acceptors (Lipinski definition) is 4. The molecule has 0 spiro atoms. The Morgan fingerprint density at radius 2 is 2.15 bits per heavy atom. The molecular formula is C13H11BrF2N2O2. The van der Waals surface area contributed by atoms with E-state index in [9.17, 15) is 13.6 Å². The number of carbonyl (C=O) groups is 1. The molecule has 0 aliphatic rings. The Hall–Kier alpha value is -1.63. The molecule has 0 radical (unpaired) electrons. The van der Waals surface area contributed by atoms with Crippen LogP contribution in [-0.4, -0.2) is 15.9 Å². The van der Waals surface area contributed by atoms with E-state index in [-0.39, 0.29) is 27.5 Å². The zero-order valence-corrected chi connectivity index (χ0v) is 12.4. The molecule has 1 heterocycles. The number of carbonyl (C=O) groups excluding carboxylic acids is 1. The van der Waals surface area contributed by atoms with Crippen LogP contribution in [0.2, 0.25) is 0 Å². The van der Waals surface area contributed by atoms with E-state index >= 15 is 0 Å².